The van der Waals surface area contributed by atoms with Gasteiger partial charge in [0.25, 0.3) is 0 Å². The summed E-state index contributed by atoms with van der Waals surface area (Å²) in [6, 6.07) is 1.29. The molecular weight excluding hydrogens is 418 g/mol. The topological polar surface area (TPSA) is 171 Å². The summed E-state index contributed by atoms with van der Waals surface area (Å²) >= 11 is 0. The van der Waals surface area contributed by atoms with Gasteiger partial charge in [0.05, 0.1) is 25.9 Å². The van der Waals surface area contributed by atoms with E-state index in [1.54, 1.807) is 13.8 Å². The highest BCUT2D eigenvalue weighted by molar-refractivity contribution is 5.80. The van der Waals surface area contributed by atoms with Crippen molar-refractivity contribution in [3.05, 3.63) is 22.7 Å². The van der Waals surface area contributed by atoms with E-state index < -0.39 is 48.4 Å². The summed E-state index contributed by atoms with van der Waals surface area (Å²) in [6.45, 7) is 2.66. The molecule has 1 aromatic rings. The first-order chi connectivity index (χ1) is 14.7. The zero-order valence-electron chi connectivity index (χ0n) is 17.8. The van der Waals surface area contributed by atoms with Crippen LogP contribution in [0.2, 0.25) is 0 Å². The number of aromatic nitrogens is 2. The van der Waals surface area contributed by atoms with Gasteiger partial charge >= 0.3 is 11.7 Å². The molecule has 31 heavy (non-hydrogen) atoms. The maximum absolute atomic E-state index is 12.7. The van der Waals surface area contributed by atoms with E-state index >= 15 is 0 Å². The number of aliphatic hydroxyl groups is 3. The van der Waals surface area contributed by atoms with Crippen molar-refractivity contribution in [1.82, 2.24) is 9.55 Å². The molecule has 0 aliphatic carbocycles. The molecule has 0 bridgehead atoms. The van der Waals surface area contributed by atoms with E-state index in [9.17, 15) is 19.8 Å². The average molecular weight is 447 g/mol. The Kier molecular flexibility index (Phi) is 8.88. The number of rotatable bonds is 11. The van der Waals surface area contributed by atoms with Crippen molar-refractivity contribution in [3.63, 3.8) is 0 Å². The minimum Gasteiger partial charge on any atom is -0.394 e. The maximum Gasteiger partial charge on any atom is 0.368 e. The lowest BCUT2D eigenvalue weighted by atomic mass is 10.1. The van der Waals surface area contributed by atoms with Gasteiger partial charge in [-0.25, -0.2) is 15.1 Å². The Morgan fingerprint density at radius 2 is 1.94 bits per heavy atom. The fourth-order valence-corrected chi connectivity index (χ4v) is 3.16. The van der Waals surface area contributed by atoms with Crippen molar-refractivity contribution in [2.45, 2.75) is 50.1 Å². The van der Waals surface area contributed by atoms with Gasteiger partial charge in [-0.05, 0) is 13.8 Å². The fourth-order valence-electron chi connectivity index (χ4n) is 3.16. The van der Waals surface area contributed by atoms with Crippen LogP contribution in [0.4, 0.5) is 5.82 Å². The minimum absolute atomic E-state index is 0.102. The van der Waals surface area contributed by atoms with Gasteiger partial charge in [-0.2, -0.15) is 4.98 Å². The number of hydrogen-bond acceptors (Lipinski definition) is 12. The number of methoxy groups -OCH3 is 2. The Morgan fingerprint density at radius 1 is 1.29 bits per heavy atom. The molecule has 0 spiro atoms. The van der Waals surface area contributed by atoms with Crippen LogP contribution in [0, 0.1) is 0 Å². The SMILES string of the molecule is COCC(COC)(OC(C)C)C(=O)ONc1ccn([C@@H]2O[C@H](CO)[C@@H](O)[C@H]2O)c(=O)n1. The molecule has 176 valence electrons. The largest absolute Gasteiger partial charge is 0.394 e. The molecule has 1 saturated heterocycles. The lowest BCUT2D eigenvalue weighted by molar-refractivity contribution is -0.193. The lowest BCUT2D eigenvalue weighted by Gasteiger charge is -2.31. The summed E-state index contributed by atoms with van der Waals surface area (Å²) in [5, 5.41) is 29.0. The standard InChI is InChI=1S/C18H29N3O10/c1-10(2)30-18(8-27-3,9-28-4)16(25)31-20-12-5-6-21(17(26)19-12)15-14(24)13(23)11(7-22)29-15/h5-6,10-11,13-15,22-24H,7-9H2,1-4H3,(H,19,20,26)/t11-,13-,14-,15-/m1/s1. The first kappa shape index (κ1) is 25.1. The molecule has 0 amide bonds. The summed E-state index contributed by atoms with van der Waals surface area (Å²) in [4.78, 5) is 33.8. The summed E-state index contributed by atoms with van der Waals surface area (Å²) in [5.41, 5.74) is -0.117. The minimum atomic E-state index is -1.54. The molecule has 2 rings (SSSR count). The number of nitrogens with zero attached hydrogens (tertiary/aromatic N) is 2. The van der Waals surface area contributed by atoms with Gasteiger partial charge in [0, 0.05) is 26.5 Å². The molecule has 0 unspecified atom stereocenters. The zero-order chi connectivity index (χ0) is 23.2. The van der Waals surface area contributed by atoms with Crippen LogP contribution in [0.3, 0.4) is 0 Å². The Bertz CT molecular complexity index is 780. The van der Waals surface area contributed by atoms with Crippen molar-refractivity contribution in [3.8, 4) is 0 Å². The third kappa shape index (κ3) is 5.77. The first-order valence-electron chi connectivity index (χ1n) is 9.53. The number of nitrogens with one attached hydrogen (secondary N) is 1. The lowest BCUT2D eigenvalue weighted by Crippen LogP contribution is -2.52. The second-order valence-corrected chi connectivity index (χ2v) is 7.25. The van der Waals surface area contributed by atoms with Crippen LogP contribution in [0.1, 0.15) is 20.1 Å². The first-order valence-corrected chi connectivity index (χ1v) is 9.53. The number of carbonyl (C=O) groups is 1. The molecule has 13 nitrogen and oxygen atoms in total. The molecule has 2 heterocycles. The Balaban J connectivity index is 2.12. The highest BCUT2D eigenvalue weighted by Crippen LogP contribution is 2.28. The van der Waals surface area contributed by atoms with E-state index in [-0.39, 0.29) is 25.1 Å². The van der Waals surface area contributed by atoms with Crippen LogP contribution >= 0.6 is 0 Å². The summed E-state index contributed by atoms with van der Waals surface area (Å²) in [7, 11) is 2.79. The maximum atomic E-state index is 12.7. The molecule has 1 aliphatic rings. The number of hydrogen-bond donors (Lipinski definition) is 4. The van der Waals surface area contributed by atoms with Gasteiger partial charge in [-0.15, -0.1) is 0 Å². The van der Waals surface area contributed by atoms with E-state index in [4.69, 9.17) is 28.9 Å². The van der Waals surface area contributed by atoms with Crippen LogP contribution in [-0.4, -0.2) is 94.9 Å². The summed E-state index contributed by atoms with van der Waals surface area (Å²) in [6.07, 6.45) is -4.19. The average Bonchev–Trinajstić information content (AvgIpc) is 3.00. The predicted molar refractivity (Wildman–Crippen MR) is 104 cm³/mol. The van der Waals surface area contributed by atoms with Gasteiger partial charge in [0.1, 0.15) is 18.3 Å². The second-order valence-electron chi connectivity index (χ2n) is 7.25. The van der Waals surface area contributed by atoms with Crippen LogP contribution in [0.5, 0.6) is 0 Å². The zero-order valence-corrected chi connectivity index (χ0v) is 17.8. The van der Waals surface area contributed by atoms with Gasteiger partial charge in [-0.3, -0.25) is 4.57 Å². The van der Waals surface area contributed by atoms with Crippen LogP contribution in [-0.2, 0) is 28.6 Å². The van der Waals surface area contributed by atoms with E-state index in [1.807, 2.05) is 0 Å². The van der Waals surface area contributed by atoms with Crippen molar-refractivity contribution < 1.29 is 43.9 Å². The molecular formula is C18H29N3O10. The Labute approximate surface area is 178 Å². The Hall–Kier alpha value is -2.13. The molecule has 1 aliphatic heterocycles. The summed E-state index contributed by atoms with van der Waals surface area (Å²) in [5.74, 6) is -0.950. The smallest absolute Gasteiger partial charge is 0.368 e. The molecule has 1 aromatic heterocycles. The number of anilines is 1. The quantitative estimate of drug-likeness (QED) is 0.280. The van der Waals surface area contributed by atoms with Crippen molar-refractivity contribution >= 4 is 11.8 Å². The molecule has 4 N–H and O–H groups in total. The van der Waals surface area contributed by atoms with Crippen LogP contribution < -0.4 is 11.2 Å². The molecule has 0 saturated carbocycles. The number of aliphatic hydroxyl groups excluding tert-OH is 3. The van der Waals surface area contributed by atoms with E-state index in [0.29, 0.717) is 0 Å². The van der Waals surface area contributed by atoms with Gasteiger partial charge in [0.2, 0.25) is 5.60 Å². The molecule has 13 heteroatoms. The molecule has 1 fully saturated rings. The van der Waals surface area contributed by atoms with Gasteiger partial charge in [0.15, 0.2) is 12.0 Å². The third-order valence-electron chi connectivity index (χ3n) is 4.46. The van der Waals surface area contributed by atoms with Crippen LogP contribution in [0.25, 0.3) is 0 Å². The molecule has 0 radical (unpaired) electrons. The Morgan fingerprint density at radius 3 is 2.42 bits per heavy atom. The van der Waals surface area contributed by atoms with Gasteiger partial charge < -0.3 is 39.1 Å². The summed E-state index contributed by atoms with van der Waals surface area (Å²) < 4.78 is 22.1. The monoisotopic (exact) mass is 447 g/mol. The number of carbonyl (C=O) groups excluding carboxylic acids is 1. The molecule has 4 atom stereocenters. The van der Waals surface area contributed by atoms with E-state index in [1.165, 1.54) is 26.5 Å². The highest BCUT2D eigenvalue weighted by atomic mass is 16.7. The van der Waals surface area contributed by atoms with E-state index in [0.717, 1.165) is 4.57 Å². The predicted octanol–water partition coefficient (Wildman–Crippen LogP) is -1.82. The fraction of sp³-hybridized carbons (Fsp3) is 0.722. The highest BCUT2D eigenvalue weighted by Gasteiger charge is 2.45. The number of ether oxygens (including phenoxy) is 4. The van der Waals surface area contributed by atoms with Gasteiger partial charge in [-0.1, -0.05) is 0 Å². The second kappa shape index (κ2) is 10.9. The van der Waals surface area contributed by atoms with E-state index in [2.05, 4.69) is 10.5 Å². The van der Waals surface area contributed by atoms with Crippen LogP contribution in [0.15, 0.2) is 17.1 Å². The molecule has 0 aromatic carbocycles. The normalized spacial score (nSPS) is 23.9. The third-order valence-corrected chi connectivity index (χ3v) is 4.46. The van der Waals surface area contributed by atoms with Crippen molar-refractivity contribution in [2.24, 2.45) is 0 Å². The van der Waals surface area contributed by atoms with Crippen molar-refractivity contribution in [2.75, 3.05) is 39.5 Å². The van der Waals surface area contributed by atoms with Crippen molar-refractivity contribution in [1.29, 1.82) is 0 Å².